The van der Waals surface area contributed by atoms with Crippen molar-refractivity contribution >= 4 is 11.7 Å². The van der Waals surface area contributed by atoms with Crippen molar-refractivity contribution in [3.8, 4) is 0 Å². The number of oxime groups is 1. The monoisotopic (exact) mass is 376 g/mol. The first-order valence-corrected chi connectivity index (χ1v) is 9.78. The molecular weight excluding hydrogens is 352 g/mol. The minimum atomic E-state index is 0.380. The molecule has 6 nitrogen and oxygen atoms in total. The third kappa shape index (κ3) is 4.57. The van der Waals surface area contributed by atoms with Crippen LogP contribution in [0.5, 0.6) is 0 Å². The predicted octanol–water partition coefficient (Wildman–Crippen LogP) is 4.07. The molecule has 1 aliphatic heterocycles. The fourth-order valence-corrected chi connectivity index (χ4v) is 3.27. The van der Waals surface area contributed by atoms with Crippen molar-refractivity contribution in [2.24, 2.45) is 5.16 Å². The van der Waals surface area contributed by atoms with Gasteiger partial charge in [0, 0.05) is 24.2 Å². The molecular formula is C22H24N4O2. The van der Waals surface area contributed by atoms with E-state index in [2.05, 4.69) is 20.3 Å². The summed E-state index contributed by atoms with van der Waals surface area (Å²) in [6.07, 6.45) is 4.16. The summed E-state index contributed by atoms with van der Waals surface area (Å²) in [7, 11) is 0. The van der Waals surface area contributed by atoms with Gasteiger partial charge in [-0.15, -0.1) is 5.10 Å². The van der Waals surface area contributed by atoms with E-state index in [0.29, 0.717) is 24.9 Å². The summed E-state index contributed by atoms with van der Waals surface area (Å²) >= 11 is 0. The largest absolute Gasteiger partial charge is 0.408 e. The second kappa shape index (κ2) is 9.17. The molecule has 0 amide bonds. The zero-order valence-corrected chi connectivity index (χ0v) is 15.8. The number of piperidine rings is 1. The smallest absolute Gasteiger partial charge is 0.318 e. The molecule has 28 heavy (non-hydrogen) atoms. The molecule has 0 atom stereocenters. The number of anilines is 1. The molecule has 144 valence electrons. The van der Waals surface area contributed by atoms with E-state index in [4.69, 9.17) is 9.25 Å². The highest BCUT2D eigenvalue weighted by molar-refractivity contribution is 6.12. The van der Waals surface area contributed by atoms with Gasteiger partial charge in [0.05, 0.1) is 6.42 Å². The molecule has 0 N–H and O–H groups in total. The molecule has 0 radical (unpaired) electrons. The van der Waals surface area contributed by atoms with E-state index in [-0.39, 0.29) is 0 Å². The highest BCUT2D eigenvalue weighted by Gasteiger charge is 2.17. The number of benzene rings is 2. The van der Waals surface area contributed by atoms with Crippen molar-refractivity contribution in [1.82, 2.24) is 10.2 Å². The SMILES string of the molecule is c1ccc(C(=NOCCc2nnc(N3CCCCC3)o2)c2ccccc2)cc1. The maximum absolute atomic E-state index is 5.77. The lowest BCUT2D eigenvalue weighted by atomic mass is 10.0. The molecule has 2 heterocycles. The summed E-state index contributed by atoms with van der Waals surface area (Å²) in [5.74, 6) is 0.580. The normalized spacial score (nSPS) is 13.9. The van der Waals surface area contributed by atoms with Gasteiger partial charge in [-0.1, -0.05) is 70.9 Å². The Balaban J connectivity index is 1.39. The minimum Gasteiger partial charge on any atom is -0.408 e. The predicted molar refractivity (Wildman–Crippen MR) is 109 cm³/mol. The van der Waals surface area contributed by atoms with E-state index in [9.17, 15) is 0 Å². The van der Waals surface area contributed by atoms with Crippen molar-refractivity contribution in [1.29, 1.82) is 0 Å². The van der Waals surface area contributed by atoms with Gasteiger partial charge in [-0.05, 0) is 19.3 Å². The topological polar surface area (TPSA) is 63.8 Å². The molecule has 3 aromatic rings. The Hall–Kier alpha value is -3.15. The van der Waals surface area contributed by atoms with Crippen LogP contribution < -0.4 is 4.90 Å². The fourth-order valence-electron chi connectivity index (χ4n) is 3.27. The van der Waals surface area contributed by atoms with Crippen molar-refractivity contribution in [2.45, 2.75) is 25.7 Å². The van der Waals surface area contributed by atoms with E-state index in [1.807, 2.05) is 60.7 Å². The van der Waals surface area contributed by atoms with E-state index in [0.717, 1.165) is 29.9 Å². The Kier molecular flexibility index (Phi) is 5.97. The van der Waals surface area contributed by atoms with Gasteiger partial charge in [-0.25, -0.2) is 0 Å². The number of rotatable bonds is 7. The van der Waals surface area contributed by atoms with Gasteiger partial charge in [0.1, 0.15) is 12.3 Å². The molecule has 0 aliphatic carbocycles. The lowest BCUT2D eigenvalue weighted by Crippen LogP contribution is -2.29. The second-order valence-corrected chi connectivity index (χ2v) is 6.78. The molecule has 0 saturated carbocycles. The van der Waals surface area contributed by atoms with Crippen LogP contribution in [-0.2, 0) is 11.3 Å². The molecule has 6 heteroatoms. The lowest BCUT2D eigenvalue weighted by molar-refractivity contribution is 0.143. The van der Waals surface area contributed by atoms with Crippen LogP contribution in [0.1, 0.15) is 36.3 Å². The molecule has 4 rings (SSSR count). The van der Waals surface area contributed by atoms with Gasteiger partial charge in [0.15, 0.2) is 0 Å². The van der Waals surface area contributed by atoms with Crippen LogP contribution >= 0.6 is 0 Å². The zero-order chi connectivity index (χ0) is 19.0. The minimum absolute atomic E-state index is 0.380. The molecule has 1 aliphatic rings. The average molecular weight is 376 g/mol. The Bertz CT molecular complexity index is 846. The summed E-state index contributed by atoms with van der Waals surface area (Å²) in [4.78, 5) is 7.76. The standard InChI is InChI=1S/C22H24N4O2/c1-4-10-18(11-5-1)21(19-12-6-2-7-13-19)25-27-17-14-20-23-24-22(28-20)26-15-8-3-9-16-26/h1-2,4-7,10-13H,3,8-9,14-17H2. The van der Waals surface area contributed by atoms with Gasteiger partial charge in [0.25, 0.3) is 0 Å². The third-order valence-corrected chi connectivity index (χ3v) is 4.74. The van der Waals surface area contributed by atoms with Crippen molar-refractivity contribution < 1.29 is 9.25 Å². The Labute approximate surface area is 164 Å². The molecule has 0 bridgehead atoms. The first-order chi connectivity index (χ1) is 13.9. The van der Waals surface area contributed by atoms with Crippen LogP contribution in [0.2, 0.25) is 0 Å². The van der Waals surface area contributed by atoms with Gasteiger partial charge in [-0.3, -0.25) is 0 Å². The van der Waals surface area contributed by atoms with E-state index in [1.165, 1.54) is 19.3 Å². The van der Waals surface area contributed by atoms with Crippen LogP contribution in [-0.4, -0.2) is 35.6 Å². The third-order valence-electron chi connectivity index (χ3n) is 4.74. The Morgan fingerprint density at radius 3 is 2.18 bits per heavy atom. The lowest BCUT2D eigenvalue weighted by Gasteiger charge is -2.24. The number of hydrogen-bond acceptors (Lipinski definition) is 6. The maximum Gasteiger partial charge on any atom is 0.318 e. The van der Waals surface area contributed by atoms with Crippen LogP contribution in [0.25, 0.3) is 0 Å². The molecule has 1 saturated heterocycles. The maximum atomic E-state index is 5.77. The molecule has 0 unspecified atom stereocenters. The second-order valence-electron chi connectivity index (χ2n) is 6.78. The summed E-state index contributed by atoms with van der Waals surface area (Å²) in [6, 6.07) is 20.7. The Morgan fingerprint density at radius 2 is 1.54 bits per heavy atom. The highest BCUT2D eigenvalue weighted by atomic mass is 16.6. The van der Waals surface area contributed by atoms with Crippen LogP contribution in [0.3, 0.4) is 0 Å². The van der Waals surface area contributed by atoms with Crippen molar-refractivity contribution in [2.75, 3.05) is 24.6 Å². The van der Waals surface area contributed by atoms with E-state index in [1.54, 1.807) is 0 Å². The van der Waals surface area contributed by atoms with E-state index < -0.39 is 0 Å². The van der Waals surface area contributed by atoms with Crippen LogP contribution in [0, 0.1) is 0 Å². The zero-order valence-electron chi connectivity index (χ0n) is 15.8. The summed E-state index contributed by atoms with van der Waals surface area (Å²) < 4.78 is 5.77. The summed E-state index contributed by atoms with van der Waals surface area (Å²) in [6.45, 7) is 2.35. The number of nitrogens with zero attached hydrogens (tertiary/aromatic N) is 4. The van der Waals surface area contributed by atoms with Crippen molar-refractivity contribution in [3.05, 3.63) is 77.7 Å². The molecule has 1 aromatic heterocycles. The van der Waals surface area contributed by atoms with Gasteiger partial charge < -0.3 is 14.2 Å². The quantitative estimate of drug-likeness (QED) is 0.353. The Morgan fingerprint density at radius 1 is 0.893 bits per heavy atom. The number of hydrogen-bond donors (Lipinski definition) is 0. The van der Waals surface area contributed by atoms with Gasteiger partial charge in [-0.2, -0.15) is 0 Å². The summed E-state index contributed by atoms with van der Waals surface area (Å²) in [5, 5.41) is 12.7. The number of aromatic nitrogens is 2. The van der Waals surface area contributed by atoms with Gasteiger partial charge >= 0.3 is 6.01 Å². The van der Waals surface area contributed by atoms with E-state index >= 15 is 0 Å². The first kappa shape index (κ1) is 18.2. The van der Waals surface area contributed by atoms with Crippen LogP contribution in [0.4, 0.5) is 6.01 Å². The summed E-state index contributed by atoms with van der Waals surface area (Å²) in [5.41, 5.74) is 2.83. The van der Waals surface area contributed by atoms with Crippen molar-refractivity contribution in [3.63, 3.8) is 0 Å². The average Bonchev–Trinajstić information content (AvgIpc) is 3.25. The van der Waals surface area contributed by atoms with Crippen LogP contribution in [0.15, 0.2) is 70.2 Å². The molecule has 2 aromatic carbocycles. The molecule has 0 spiro atoms. The van der Waals surface area contributed by atoms with Gasteiger partial charge in [0.2, 0.25) is 5.89 Å². The highest BCUT2D eigenvalue weighted by Crippen LogP contribution is 2.18. The first-order valence-electron chi connectivity index (χ1n) is 9.78. The fraction of sp³-hybridized carbons (Fsp3) is 0.318. The molecule has 1 fully saturated rings.